The minimum atomic E-state index is -0.386. The number of anilines is 1. The molecule has 2 aromatic rings. The standard InChI is InChI=1S/C16H13Cl2NO4/c1-21-15-11(6-9(17)7-12(15)18)16(20)19-10-2-3-13-14(8-10)23-5-4-22-13/h2-3,6-8H,4-5H2,1H3,(H,19,20). The second-order valence-electron chi connectivity index (χ2n) is 4.78. The van der Waals surface area contributed by atoms with Crippen molar-refractivity contribution in [3.8, 4) is 17.2 Å². The Hall–Kier alpha value is -2.11. The number of nitrogens with one attached hydrogen (secondary N) is 1. The fraction of sp³-hybridized carbons (Fsp3) is 0.188. The molecule has 1 heterocycles. The predicted octanol–water partition coefficient (Wildman–Crippen LogP) is 4.03. The predicted molar refractivity (Wildman–Crippen MR) is 88.4 cm³/mol. The fourth-order valence-electron chi connectivity index (χ4n) is 2.26. The van der Waals surface area contributed by atoms with E-state index in [1.807, 2.05) is 0 Å². The minimum absolute atomic E-state index is 0.250. The van der Waals surface area contributed by atoms with Crippen LogP contribution >= 0.6 is 23.2 Å². The Morgan fingerprint density at radius 2 is 1.87 bits per heavy atom. The summed E-state index contributed by atoms with van der Waals surface area (Å²) in [5.41, 5.74) is 0.817. The maximum atomic E-state index is 12.5. The quantitative estimate of drug-likeness (QED) is 0.904. The van der Waals surface area contributed by atoms with Crippen LogP contribution in [-0.4, -0.2) is 26.2 Å². The molecule has 2 aromatic carbocycles. The number of benzene rings is 2. The fourth-order valence-corrected chi connectivity index (χ4v) is 2.83. The van der Waals surface area contributed by atoms with Gasteiger partial charge in [-0.05, 0) is 24.3 Å². The molecule has 0 spiro atoms. The molecule has 3 rings (SSSR count). The van der Waals surface area contributed by atoms with Crippen molar-refractivity contribution in [2.24, 2.45) is 0 Å². The molecule has 1 aliphatic rings. The van der Waals surface area contributed by atoms with E-state index in [-0.39, 0.29) is 22.2 Å². The summed E-state index contributed by atoms with van der Waals surface area (Å²) in [6.07, 6.45) is 0. The Kier molecular flexibility index (Phi) is 4.50. The van der Waals surface area contributed by atoms with Gasteiger partial charge in [0, 0.05) is 16.8 Å². The maximum Gasteiger partial charge on any atom is 0.259 e. The Labute approximate surface area is 143 Å². The van der Waals surface area contributed by atoms with Crippen molar-refractivity contribution in [1.82, 2.24) is 0 Å². The van der Waals surface area contributed by atoms with Crippen LogP contribution in [0.2, 0.25) is 10.0 Å². The molecule has 0 unspecified atom stereocenters. The summed E-state index contributed by atoms with van der Waals surface area (Å²) in [7, 11) is 1.44. The Balaban J connectivity index is 1.87. The van der Waals surface area contributed by atoms with Gasteiger partial charge in [0.1, 0.15) is 19.0 Å². The first-order valence-electron chi connectivity index (χ1n) is 6.82. The van der Waals surface area contributed by atoms with Crippen LogP contribution in [0.25, 0.3) is 0 Å². The number of hydrogen-bond donors (Lipinski definition) is 1. The third kappa shape index (κ3) is 3.30. The van der Waals surface area contributed by atoms with Gasteiger partial charge in [0.15, 0.2) is 11.5 Å². The highest BCUT2D eigenvalue weighted by Crippen LogP contribution is 2.35. The third-order valence-corrected chi connectivity index (χ3v) is 3.76. The average Bonchev–Trinajstić information content (AvgIpc) is 2.54. The van der Waals surface area contributed by atoms with Gasteiger partial charge in [-0.25, -0.2) is 0 Å². The monoisotopic (exact) mass is 353 g/mol. The molecule has 7 heteroatoms. The zero-order chi connectivity index (χ0) is 16.4. The van der Waals surface area contributed by atoms with Crippen LogP contribution in [0.15, 0.2) is 30.3 Å². The van der Waals surface area contributed by atoms with E-state index in [2.05, 4.69) is 5.32 Å². The molecule has 1 N–H and O–H groups in total. The summed E-state index contributed by atoms with van der Waals surface area (Å²) in [5.74, 6) is 1.12. The number of methoxy groups -OCH3 is 1. The van der Waals surface area contributed by atoms with Crippen LogP contribution in [0.1, 0.15) is 10.4 Å². The lowest BCUT2D eigenvalue weighted by Crippen LogP contribution is -2.17. The van der Waals surface area contributed by atoms with Crippen molar-refractivity contribution in [3.63, 3.8) is 0 Å². The summed E-state index contributed by atoms with van der Waals surface area (Å²) in [6, 6.07) is 8.18. The van der Waals surface area contributed by atoms with E-state index in [9.17, 15) is 4.79 Å². The second-order valence-corrected chi connectivity index (χ2v) is 5.62. The first-order chi connectivity index (χ1) is 11.1. The van der Waals surface area contributed by atoms with E-state index in [4.69, 9.17) is 37.4 Å². The minimum Gasteiger partial charge on any atom is -0.494 e. The maximum absolute atomic E-state index is 12.5. The van der Waals surface area contributed by atoms with Crippen molar-refractivity contribution >= 4 is 34.8 Å². The van der Waals surface area contributed by atoms with Crippen molar-refractivity contribution < 1.29 is 19.0 Å². The lowest BCUT2D eigenvalue weighted by molar-refractivity contribution is 0.102. The number of amides is 1. The summed E-state index contributed by atoms with van der Waals surface area (Å²) < 4.78 is 16.1. The molecule has 0 saturated heterocycles. The van der Waals surface area contributed by atoms with Gasteiger partial charge in [0.2, 0.25) is 0 Å². The Morgan fingerprint density at radius 3 is 2.61 bits per heavy atom. The number of hydrogen-bond acceptors (Lipinski definition) is 4. The van der Waals surface area contributed by atoms with Gasteiger partial charge in [0.25, 0.3) is 5.91 Å². The van der Waals surface area contributed by atoms with E-state index < -0.39 is 0 Å². The van der Waals surface area contributed by atoms with Crippen molar-refractivity contribution in [3.05, 3.63) is 45.9 Å². The van der Waals surface area contributed by atoms with Crippen LogP contribution in [0, 0.1) is 0 Å². The number of ether oxygens (including phenoxy) is 3. The molecular weight excluding hydrogens is 341 g/mol. The molecule has 5 nitrogen and oxygen atoms in total. The highest BCUT2D eigenvalue weighted by atomic mass is 35.5. The van der Waals surface area contributed by atoms with E-state index in [1.165, 1.54) is 19.2 Å². The molecule has 0 saturated carbocycles. The molecule has 0 fully saturated rings. The van der Waals surface area contributed by atoms with Gasteiger partial charge in [-0.3, -0.25) is 4.79 Å². The summed E-state index contributed by atoms with van der Waals surface area (Å²) in [5, 5.41) is 3.39. The number of carbonyl (C=O) groups is 1. The van der Waals surface area contributed by atoms with E-state index in [1.54, 1.807) is 18.2 Å². The van der Waals surface area contributed by atoms with E-state index in [0.29, 0.717) is 35.4 Å². The zero-order valence-electron chi connectivity index (χ0n) is 12.2. The summed E-state index contributed by atoms with van der Waals surface area (Å²) in [4.78, 5) is 12.5. The first kappa shape index (κ1) is 15.8. The van der Waals surface area contributed by atoms with Gasteiger partial charge in [-0.1, -0.05) is 23.2 Å². The zero-order valence-corrected chi connectivity index (χ0v) is 13.7. The smallest absolute Gasteiger partial charge is 0.259 e. The molecule has 0 atom stereocenters. The second kappa shape index (κ2) is 6.56. The van der Waals surface area contributed by atoms with Gasteiger partial charge < -0.3 is 19.5 Å². The normalized spacial score (nSPS) is 12.7. The topological polar surface area (TPSA) is 56.8 Å². The summed E-state index contributed by atoms with van der Waals surface area (Å²) in [6.45, 7) is 0.985. The number of halogens is 2. The lowest BCUT2D eigenvalue weighted by Gasteiger charge is -2.19. The van der Waals surface area contributed by atoms with Gasteiger partial charge in [0.05, 0.1) is 17.7 Å². The average molecular weight is 354 g/mol. The van der Waals surface area contributed by atoms with Crippen LogP contribution in [-0.2, 0) is 0 Å². The highest BCUT2D eigenvalue weighted by molar-refractivity contribution is 6.36. The van der Waals surface area contributed by atoms with E-state index in [0.717, 1.165) is 0 Å². The van der Waals surface area contributed by atoms with Gasteiger partial charge in [-0.2, -0.15) is 0 Å². The molecule has 0 bridgehead atoms. The SMILES string of the molecule is COc1c(Cl)cc(Cl)cc1C(=O)Nc1ccc2c(c1)OCCO2. The van der Waals surface area contributed by atoms with Crippen LogP contribution in [0.4, 0.5) is 5.69 Å². The Morgan fingerprint density at radius 1 is 1.13 bits per heavy atom. The van der Waals surface area contributed by atoms with Crippen LogP contribution < -0.4 is 19.5 Å². The molecular formula is C16H13Cl2NO4. The molecule has 23 heavy (non-hydrogen) atoms. The van der Waals surface area contributed by atoms with Crippen LogP contribution in [0.5, 0.6) is 17.2 Å². The molecule has 120 valence electrons. The first-order valence-corrected chi connectivity index (χ1v) is 7.58. The molecule has 1 aliphatic heterocycles. The lowest BCUT2D eigenvalue weighted by atomic mass is 10.1. The van der Waals surface area contributed by atoms with Gasteiger partial charge >= 0.3 is 0 Å². The Bertz CT molecular complexity index is 764. The number of fused-ring (bicyclic) bond motifs is 1. The van der Waals surface area contributed by atoms with Crippen molar-refractivity contribution in [2.45, 2.75) is 0 Å². The molecule has 1 amide bonds. The number of rotatable bonds is 3. The van der Waals surface area contributed by atoms with Gasteiger partial charge in [-0.15, -0.1) is 0 Å². The van der Waals surface area contributed by atoms with Crippen molar-refractivity contribution in [1.29, 1.82) is 0 Å². The largest absolute Gasteiger partial charge is 0.494 e. The highest BCUT2D eigenvalue weighted by Gasteiger charge is 2.18. The molecule has 0 aromatic heterocycles. The number of carbonyl (C=O) groups excluding carboxylic acids is 1. The van der Waals surface area contributed by atoms with Crippen LogP contribution in [0.3, 0.4) is 0 Å². The van der Waals surface area contributed by atoms with Crippen molar-refractivity contribution in [2.75, 3.05) is 25.6 Å². The van der Waals surface area contributed by atoms with E-state index >= 15 is 0 Å². The molecule has 0 aliphatic carbocycles. The third-order valence-electron chi connectivity index (χ3n) is 3.26. The molecule has 0 radical (unpaired) electrons. The summed E-state index contributed by atoms with van der Waals surface area (Å²) >= 11 is 12.0.